The number of sulfonamides is 2. The van der Waals surface area contributed by atoms with Gasteiger partial charge in [-0.25, -0.2) is 27.0 Å². The summed E-state index contributed by atoms with van der Waals surface area (Å²) in [5.41, 5.74) is 2.04. The summed E-state index contributed by atoms with van der Waals surface area (Å²) in [5.74, 6) is 0.204. The van der Waals surface area contributed by atoms with Crippen LogP contribution in [0.3, 0.4) is 0 Å². The van der Waals surface area contributed by atoms with Crippen LogP contribution in [0.5, 0.6) is 0 Å². The first-order chi connectivity index (χ1) is 14.6. The zero-order chi connectivity index (χ0) is 22.2. The van der Waals surface area contributed by atoms with Gasteiger partial charge in [0.15, 0.2) is 11.2 Å². The van der Waals surface area contributed by atoms with Crippen LogP contribution in [0.1, 0.15) is 0 Å². The predicted octanol–water partition coefficient (Wildman–Crippen LogP) is 0.973. The van der Waals surface area contributed by atoms with E-state index in [1.807, 2.05) is 0 Å². The molecule has 2 aromatic heterocycles. The molecular formula is C17H16N8O4S2. The zero-order valence-electron chi connectivity index (χ0n) is 16.0. The Balaban J connectivity index is 1.69. The first-order valence-electron chi connectivity index (χ1n) is 8.65. The van der Waals surface area contributed by atoms with E-state index in [0.717, 1.165) is 6.26 Å². The molecule has 160 valence electrons. The lowest BCUT2D eigenvalue weighted by molar-refractivity contribution is 0.597. The standard InChI is InChI=1S/C17H16N8O4S2/c1-30(26,27)23-12-5-2-4-11(8-12)20-17-19-10-15-16(21-17)25(24-22-15)13-6-3-7-14(9-13)31(18,28)29/h2-10,23H,1H3,(H2,18,28,29)(H,19,20,21). The molecule has 0 unspecified atom stereocenters. The van der Waals surface area contributed by atoms with E-state index in [1.165, 1.54) is 29.1 Å². The molecule has 0 fully saturated rings. The van der Waals surface area contributed by atoms with Crippen molar-refractivity contribution in [1.82, 2.24) is 25.0 Å². The lowest BCUT2D eigenvalue weighted by Gasteiger charge is -2.08. The van der Waals surface area contributed by atoms with Gasteiger partial charge in [0.25, 0.3) is 0 Å². The van der Waals surface area contributed by atoms with E-state index >= 15 is 0 Å². The highest BCUT2D eigenvalue weighted by Gasteiger charge is 2.14. The lowest BCUT2D eigenvalue weighted by Crippen LogP contribution is -2.12. The quantitative estimate of drug-likeness (QED) is 0.378. The largest absolute Gasteiger partial charge is 0.324 e. The second-order valence-corrected chi connectivity index (χ2v) is 9.84. The molecule has 2 heterocycles. The highest BCUT2D eigenvalue weighted by molar-refractivity contribution is 7.92. The molecule has 0 saturated heterocycles. The molecule has 4 aromatic rings. The van der Waals surface area contributed by atoms with Crippen molar-refractivity contribution < 1.29 is 16.8 Å². The molecule has 2 aromatic carbocycles. The number of fused-ring (bicyclic) bond motifs is 1. The number of nitrogens with two attached hydrogens (primary N) is 1. The maximum absolute atomic E-state index is 11.6. The molecular weight excluding hydrogens is 444 g/mol. The van der Waals surface area contributed by atoms with Crippen LogP contribution >= 0.6 is 0 Å². The maximum atomic E-state index is 11.6. The van der Waals surface area contributed by atoms with Gasteiger partial charge in [0.05, 0.1) is 28.7 Å². The molecule has 0 radical (unpaired) electrons. The molecule has 0 amide bonds. The Kier molecular flexibility index (Phi) is 5.04. The van der Waals surface area contributed by atoms with Crippen LogP contribution in [0, 0.1) is 0 Å². The Morgan fingerprint density at radius 1 is 1.00 bits per heavy atom. The second-order valence-electron chi connectivity index (χ2n) is 6.53. The molecule has 0 aliphatic carbocycles. The summed E-state index contributed by atoms with van der Waals surface area (Å²) in [6.07, 6.45) is 2.51. The smallest absolute Gasteiger partial charge is 0.238 e. The highest BCUT2D eigenvalue weighted by Crippen LogP contribution is 2.21. The summed E-state index contributed by atoms with van der Waals surface area (Å²) in [6.45, 7) is 0. The van der Waals surface area contributed by atoms with Gasteiger partial charge in [0.1, 0.15) is 0 Å². The molecule has 0 atom stereocenters. The van der Waals surface area contributed by atoms with Crippen LogP contribution in [0.4, 0.5) is 17.3 Å². The van der Waals surface area contributed by atoms with Gasteiger partial charge >= 0.3 is 0 Å². The molecule has 12 nitrogen and oxygen atoms in total. The fourth-order valence-corrected chi connectivity index (χ4v) is 3.87. The summed E-state index contributed by atoms with van der Waals surface area (Å²) < 4.78 is 49.9. The van der Waals surface area contributed by atoms with E-state index in [0.29, 0.717) is 28.2 Å². The molecule has 0 saturated carbocycles. The van der Waals surface area contributed by atoms with Gasteiger partial charge in [-0.2, -0.15) is 9.67 Å². The number of hydrogen-bond donors (Lipinski definition) is 3. The van der Waals surface area contributed by atoms with Crippen LogP contribution in [-0.4, -0.2) is 48.1 Å². The van der Waals surface area contributed by atoms with E-state index in [2.05, 4.69) is 30.3 Å². The number of hydrogen-bond acceptors (Lipinski definition) is 9. The summed E-state index contributed by atoms with van der Waals surface area (Å²) in [4.78, 5) is 8.50. The minimum Gasteiger partial charge on any atom is -0.324 e. The Bertz CT molecular complexity index is 1500. The minimum absolute atomic E-state index is 0.0729. The van der Waals surface area contributed by atoms with E-state index < -0.39 is 20.0 Å². The van der Waals surface area contributed by atoms with Gasteiger partial charge in [-0.05, 0) is 36.4 Å². The monoisotopic (exact) mass is 460 g/mol. The third-order valence-corrected chi connectivity index (χ3v) is 5.52. The molecule has 4 rings (SSSR count). The van der Waals surface area contributed by atoms with Crippen molar-refractivity contribution in [3.63, 3.8) is 0 Å². The normalized spacial score (nSPS) is 12.1. The Hall–Kier alpha value is -3.62. The Labute approximate surface area is 177 Å². The van der Waals surface area contributed by atoms with Crippen molar-refractivity contribution in [1.29, 1.82) is 0 Å². The molecule has 0 aliphatic rings. The summed E-state index contributed by atoms with van der Waals surface area (Å²) in [7, 11) is -7.31. The van der Waals surface area contributed by atoms with Gasteiger partial charge in [-0.3, -0.25) is 4.72 Å². The number of primary sulfonamides is 1. The second kappa shape index (κ2) is 7.57. The topological polar surface area (TPSA) is 175 Å². The van der Waals surface area contributed by atoms with Gasteiger partial charge in [0.2, 0.25) is 26.0 Å². The summed E-state index contributed by atoms with van der Waals surface area (Å²) >= 11 is 0. The van der Waals surface area contributed by atoms with Crippen molar-refractivity contribution in [2.45, 2.75) is 4.90 Å². The number of nitrogens with one attached hydrogen (secondary N) is 2. The summed E-state index contributed by atoms with van der Waals surface area (Å²) in [5, 5.41) is 16.2. The molecule has 0 spiro atoms. The van der Waals surface area contributed by atoms with Crippen molar-refractivity contribution in [3.8, 4) is 5.69 Å². The maximum Gasteiger partial charge on any atom is 0.238 e. The number of benzene rings is 2. The number of anilines is 3. The van der Waals surface area contributed by atoms with Crippen LogP contribution < -0.4 is 15.2 Å². The van der Waals surface area contributed by atoms with Gasteiger partial charge in [-0.1, -0.05) is 17.3 Å². The van der Waals surface area contributed by atoms with Gasteiger partial charge < -0.3 is 5.32 Å². The number of nitrogens with zero attached hydrogens (tertiary/aromatic N) is 5. The Morgan fingerprint density at radius 2 is 1.74 bits per heavy atom. The Morgan fingerprint density at radius 3 is 2.48 bits per heavy atom. The number of rotatable bonds is 6. The molecule has 4 N–H and O–H groups in total. The minimum atomic E-state index is -3.89. The van der Waals surface area contributed by atoms with E-state index in [9.17, 15) is 16.8 Å². The fourth-order valence-electron chi connectivity index (χ4n) is 2.76. The van der Waals surface area contributed by atoms with Crippen LogP contribution in [0.25, 0.3) is 16.9 Å². The first-order valence-corrected chi connectivity index (χ1v) is 12.1. The van der Waals surface area contributed by atoms with Crippen molar-refractivity contribution >= 4 is 48.5 Å². The van der Waals surface area contributed by atoms with Crippen molar-refractivity contribution in [2.75, 3.05) is 16.3 Å². The average molecular weight is 461 g/mol. The predicted molar refractivity (Wildman–Crippen MR) is 114 cm³/mol. The molecule has 0 aliphatic heterocycles. The van der Waals surface area contributed by atoms with Gasteiger partial charge in [-0.15, -0.1) is 5.10 Å². The van der Waals surface area contributed by atoms with E-state index in [1.54, 1.807) is 30.3 Å². The highest BCUT2D eigenvalue weighted by atomic mass is 32.2. The van der Waals surface area contributed by atoms with Gasteiger partial charge in [0, 0.05) is 5.69 Å². The average Bonchev–Trinajstić information content (AvgIpc) is 3.10. The number of aromatic nitrogens is 5. The first kappa shape index (κ1) is 20.6. The fraction of sp³-hybridized carbons (Fsp3) is 0.0588. The van der Waals surface area contributed by atoms with Crippen LogP contribution in [0.2, 0.25) is 0 Å². The van der Waals surface area contributed by atoms with E-state index in [4.69, 9.17) is 5.14 Å². The lowest BCUT2D eigenvalue weighted by atomic mass is 10.3. The van der Waals surface area contributed by atoms with E-state index in [-0.39, 0.29) is 10.8 Å². The molecule has 0 bridgehead atoms. The van der Waals surface area contributed by atoms with Crippen molar-refractivity contribution in [3.05, 3.63) is 54.7 Å². The molecule has 31 heavy (non-hydrogen) atoms. The zero-order valence-corrected chi connectivity index (χ0v) is 17.6. The molecule has 14 heteroatoms. The third-order valence-electron chi connectivity index (χ3n) is 4.01. The van der Waals surface area contributed by atoms with Crippen LogP contribution in [0.15, 0.2) is 59.6 Å². The van der Waals surface area contributed by atoms with Crippen LogP contribution in [-0.2, 0) is 20.0 Å². The van der Waals surface area contributed by atoms with Crippen molar-refractivity contribution in [2.24, 2.45) is 5.14 Å². The third kappa shape index (κ3) is 4.76. The summed E-state index contributed by atoms with van der Waals surface area (Å²) in [6, 6.07) is 12.5. The SMILES string of the molecule is CS(=O)(=O)Nc1cccc(Nc2ncc3nnn(-c4cccc(S(N)(=O)=O)c4)c3n2)c1.